The Hall–Kier alpha value is -1.89. The number of aliphatic carboxylic acids is 1. The zero-order chi connectivity index (χ0) is 13.2. The Labute approximate surface area is 103 Å². The van der Waals surface area contributed by atoms with Gasteiger partial charge in [-0.2, -0.15) is 0 Å². The van der Waals surface area contributed by atoms with Crippen molar-refractivity contribution in [3.05, 3.63) is 17.8 Å². The Balaban J connectivity index is 2.17. The van der Waals surface area contributed by atoms with Gasteiger partial charge in [0.1, 0.15) is 5.54 Å². The molecule has 0 aromatic carbocycles. The highest BCUT2D eigenvalue weighted by Gasteiger charge is 2.42. The number of hydrogen-bond acceptors (Lipinski definition) is 5. The van der Waals surface area contributed by atoms with Crippen molar-refractivity contribution in [2.45, 2.75) is 25.3 Å². The maximum atomic E-state index is 12.0. The zero-order valence-corrected chi connectivity index (χ0v) is 9.93. The molecule has 1 aliphatic heterocycles. The summed E-state index contributed by atoms with van der Waals surface area (Å²) in [6.07, 6.45) is 1.63. The van der Waals surface area contributed by atoms with Crippen molar-refractivity contribution >= 4 is 11.9 Å². The highest BCUT2D eigenvalue weighted by Crippen LogP contribution is 2.22. The lowest BCUT2D eigenvalue weighted by Crippen LogP contribution is -2.57. The summed E-state index contributed by atoms with van der Waals surface area (Å²) in [6.45, 7) is 2.24. The molecule has 1 aliphatic rings. The number of rotatable bonds is 3. The molecule has 98 valence electrons. The number of hydrogen-bond donors (Lipinski definition) is 2. The third-order valence-electron chi connectivity index (χ3n) is 3.06. The first kappa shape index (κ1) is 12.6. The number of ether oxygens (including phenoxy) is 1. The Morgan fingerprint density at radius 2 is 2.11 bits per heavy atom. The van der Waals surface area contributed by atoms with Gasteiger partial charge in [-0.3, -0.25) is 4.79 Å². The summed E-state index contributed by atoms with van der Waals surface area (Å²) >= 11 is 0. The third-order valence-corrected chi connectivity index (χ3v) is 3.06. The summed E-state index contributed by atoms with van der Waals surface area (Å²) in [5.74, 6) is -1.58. The molecule has 1 amide bonds. The lowest BCUT2D eigenvalue weighted by molar-refractivity contribution is -0.148. The first-order chi connectivity index (χ1) is 8.55. The molecule has 0 unspecified atom stereocenters. The van der Waals surface area contributed by atoms with Crippen molar-refractivity contribution < 1.29 is 23.8 Å². The molecule has 7 heteroatoms. The molecule has 2 heterocycles. The van der Waals surface area contributed by atoms with Crippen LogP contribution in [0, 0.1) is 6.92 Å². The summed E-state index contributed by atoms with van der Waals surface area (Å²) in [6, 6.07) is 0. The zero-order valence-electron chi connectivity index (χ0n) is 9.93. The predicted octanol–water partition coefficient (Wildman–Crippen LogP) is 0.347. The number of carbonyl (C=O) groups is 2. The van der Waals surface area contributed by atoms with E-state index in [0.29, 0.717) is 18.9 Å². The third kappa shape index (κ3) is 2.21. The average molecular weight is 254 g/mol. The standard InChI is InChI=1S/C11H14N2O5/c1-7-8(18-6-12-7)9(14)13-11(10(15)16)2-4-17-5-3-11/h6H,2-5H2,1H3,(H,13,14)(H,15,16). The van der Waals surface area contributed by atoms with Gasteiger partial charge in [0.2, 0.25) is 5.76 Å². The molecule has 0 spiro atoms. The highest BCUT2D eigenvalue weighted by molar-refractivity contribution is 5.96. The monoisotopic (exact) mass is 254 g/mol. The van der Waals surface area contributed by atoms with Crippen LogP contribution in [-0.4, -0.2) is 40.7 Å². The second kappa shape index (κ2) is 4.77. The molecule has 1 aromatic heterocycles. The van der Waals surface area contributed by atoms with Crippen LogP contribution in [0.3, 0.4) is 0 Å². The van der Waals surface area contributed by atoms with Crippen LogP contribution in [0.1, 0.15) is 29.1 Å². The van der Waals surface area contributed by atoms with Crippen LogP contribution in [-0.2, 0) is 9.53 Å². The molecule has 0 atom stereocenters. The number of carboxylic acids is 1. The van der Waals surface area contributed by atoms with Crippen molar-refractivity contribution in [3.8, 4) is 0 Å². The van der Waals surface area contributed by atoms with Gasteiger partial charge in [-0.25, -0.2) is 9.78 Å². The Bertz CT molecular complexity index is 462. The van der Waals surface area contributed by atoms with E-state index >= 15 is 0 Å². The first-order valence-corrected chi connectivity index (χ1v) is 5.59. The van der Waals surface area contributed by atoms with Crippen LogP contribution in [0.5, 0.6) is 0 Å². The van der Waals surface area contributed by atoms with Gasteiger partial charge in [0.25, 0.3) is 5.91 Å². The normalized spacial score (nSPS) is 18.3. The SMILES string of the molecule is Cc1ncoc1C(=O)NC1(C(=O)O)CCOCC1. The van der Waals surface area contributed by atoms with Crippen LogP contribution in [0.4, 0.5) is 0 Å². The smallest absolute Gasteiger partial charge is 0.329 e. The minimum absolute atomic E-state index is 0.0436. The molecular weight excluding hydrogens is 240 g/mol. The topological polar surface area (TPSA) is 102 Å². The fourth-order valence-electron chi connectivity index (χ4n) is 1.91. The maximum Gasteiger partial charge on any atom is 0.329 e. The molecule has 2 rings (SSSR count). The average Bonchev–Trinajstić information content (AvgIpc) is 2.76. The van der Waals surface area contributed by atoms with Gasteiger partial charge in [-0.05, 0) is 6.92 Å². The largest absolute Gasteiger partial charge is 0.480 e. The minimum atomic E-state index is -1.28. The van der Waals surface area contributed by atoms with Crippen molar-refractivity contribution in [1.82, 2.24) is 10.3 Å². The van der Waals surface area contributed by atoms with Gasteiger partial charge < -0.3 is 19.6 Å². The van der Waals surface area contributed by atoms with E-state index in [2.05, 4.69) is 10.3 Å². The molecule has 1 fully saturated rings. The van der Waals surface area contributed by atoms with Crippen LogP contribution >= 0.6 is 0 Å². The molecule has 7 nitrogen and oxygen atoms in total. The summed E-state index contributed by atoms with van der Waals surface area (Å²) in [5, 5.41) is 11.8. The molecule has 1 aromatic rings. The van der Waals surface area contributed by atoms with Crippen LogP contribution in [0.15, 0.2) is 10.8 Å². The lowest BCUT2D eigenvalue weighted by atomic mass is 9.90. The van der Waals surface area contributed by atoms with Crippen LogP contribution in [0.25, 0.3) is 0 Å². The highest BCUT2D eigenvalue weighted by atomic mass is 16.5. The number of oxazole rings is 1. The maximum absolute atomic E-state index is 12.0. The summed E-state index contributed by atoms with van der Waals surface area (Å²) in [4.78, 5) is 27.1. The van der Waals surface area contributed by atoms with Gasteiger partial charge in [-0.1, -0.05) is 0 Å². The van der Waals surface area contributed by atoms with Crippen molar-refractivity contribution in [1.29, 1.82) is 0 Å². The van der Waals surface area contributed by atoms with Crippen molar-refractivity contribution in [3.63, 3.8) is 0 Å². The summed E-state index contributed by atoms with van der Waals surface area (Å²) in [5.41, 5.74) is -0.853. The molecular formula is C11H14N2O5. The second-order valence-corrected chi connectivity index (χ2v) is 4.22. The Morgan fingerprint density at radius 1 is 1.44 bits per heavy atom. The lowest BCUT2D eigenvalue weighted by Gasteiger charge is -2.33. The summed E-state index contributed by atoms with van der Waals surface area (Å²) < 4.78 is 10.1. The second-order valence-electron chi connectivity index (χ2n) is 4.22. The number of aryl methyl sites for hydroxylation is 1. The Kier molecular flexibility index (Phi) is 3.33. The number of carboxylic acid groups (broad SMARTS) is 1. The minimum Gasteiger partial charge on any atom is -0.480 e. The molecule has 0 radical (unpaired) electrons. The first-order valence-electron chi connectivity index (χ1n) is 5.59. The van der Waals surface area contributed by atoms with E-state index in [1.807, 2.05) is 0 Å². The van der Waals surface area contributed by atoms with Gasteiger partial charge in [0, 0.05) is 26.1 Å². The molecule has 18 heavy (non-hydrogen) atoms. The Morgan fingerprint density at radius 3 is 2.61 bits per heavy atom. The number of amides is 1. The van der Waals surface area contributed by atoms with E-state index in [1.54, 1.807) is 6.92 Å². The van der Waals surface area contributed by atoms with E-state index in [0.717, 1.165) is 6.39 Å². The van der Waals surface area contributed by atoms with Gasteiger partial charge in [0.15, 0.2) is 6.39 Å². The van der Waals surface area contributed by atoms with Gasteiger partial charge >= 0.3 is 5.97 Å². The van der Waals surface area contributed by atoms with Crippen molar-refractivity contribution in [2.75, 3.05) is 13.2 Å². The van der Waals surface area contributed by atoms with Crippen LogP contribution < -0.4 is 5.32 Å². The number of carbonyl (C=O) groups excluding carboxylic acids is 1. The quantitative estimate of drug-likeness (QED) is 0.806. The van der Waals surface area contributed by atoms with Crippen LogP contribution in [0.2, 0.25) is 0 Å². The van der Waals surface area contributed by atoms with E-state index in [9.17, 15) is 14.7 Å². The molecule has 0 bridgehead atoms. The summed E-state index contributed by atoms with van der Waals surface area (Å²) in [7, 11) is 0. The molecule has 1 saturated heterocycles. The van der Waals surface area contributed by atoms with E-state index < -0.39 is 17.4 Å². The number of aromatic nitrogens is 1. The van der Waals surface area contributed by atoms with Gasteiger partial charge in [-0.15, -0.1) is 0 Å². The van der Waals surface area contributed by atoms with E-state index in [4.69, 9.17) is 9.15 Å². The van der Waals surface area contributed by atoms with E-state index in [-0.39, 0.29) is 18.6 Å². The number of nitrogens with zero attached hydrogens (tertiary/aromatic N) is 1. The number of nitrogens with one attached hydrogen (secondary N) is 1. The van der Waals surface area contributed by atoms with Crippen molar-refractivity contribution in [2.24, 2.45) is 0 Å². The predicted molar refractivity (Wildman–Crippen MR) is 59.1 cm³/mol. The fourth-order valence-corrected chi connectivity index (χ4v) is 1.91. The molecule has 0 aliphatic carbocycles. The molecule has 2 N–H and O–H groups in total. The van der Waals surface area contributed by atoms with Gasteiger partial charge in [0.05, 0.1) is 5.69 Å². The fraction of sp³-hybridized carbons (Fsp3) is 0.545. The molecule has 0 saturated carbocycles. The van der Waals surface area contributed by atoms with E-state index in [1.165, 1.54) is 0 Å².